The van der Waals surface area contributed by atoms with Crippen LogP contribution in [0.1, 0.15) is 0 Å². The van der Waals surface area contributed by atoms with Crippen LogP contribution >= 0.6 is 12.4 Å². The van der Waals surface area contributed by atoms with Crippen molar-refractivity contribution < 1.29 is 34.1 Å². The van der Waals surface area contributed by atoms with Gasteiger partial charge in [-0.25, -0.2) is 0 Å². The molecule has 0 radical (unpaired) electrons. The molecular formula is CHClF4Zn. The Labute approximate surface area is 51.9 Å². The van der Waals surface area contributed by atoms with Crippen molar-refractivity contribution in [1.29, 1.82) is 0 Å². The Bertz CT molecular complexity index is 41.4. The van der Waals surface area contributed by atoms with E-state index in [-0.39, 0.29) is 12.4 Å². The monoisotopic (exact) mass is 188 g/mol. The molecule has 0 fully saturated rings. The van der Waals surface area contributed by atoms with Crippen molar-refractivity contribution in [2.75, 3.05) is 0 Å². The summed E-state index contributed by atoms with van der Waals surface area (Å²) in [5.41, 5.74) is 0. The van der Waals surface area contributed by atoms with E-state index in [1.54, 1.807) is 0 Å². The molecule has 0 aliphatic rings. The van der Waals surface area contributed by atoms with Gasteiger partial charge in [-0.3, -0.25) is 0 Å². The van der Waals surface area contributed by atoms with Gasteiger partial charge in [0.2, 0.25) is 0 Å². The second-order valence-electron chi connectivity index (χ2n) is 0.749. The van der Waals surface area contributed by atoms with Crippen molar-refractivity contribution in [2.24, 2.45) is 0 Å². The molecule has 0 aromatic heterocycles. The number of hydrogen-bond acceptors (Lipinski definition) is 0. The zero-order chi connectivity index (χ0) is 5.21. The molecule has 0 spiro atoms. The zero-order valence-corrected chi connectivity index (χ0v) is 6.91. The molecule has 7 heavy (non-hydrogen) atoms. The Morgan fingerprint density at radius 2 is 1.29 bits per heavy atom. The van der Waals surface area contributed by atoms with Crippen LogP contribution in [0.5, 0.6) is 0 Å². The third-order valence-electron chi connectivity index (χ3n) is 0.152. The SMILES string of the molecule is Cl.[F][Zn][C](F)(F)F. The van der Waals surface area contributed by atoms with Crippen LogP contribution in [-0.4, -0.2) is 4.77 Å². The van der Waals surface area contributed by atoms with Gasteiger partial charge in [0.25, 0.3) is 0 Å². The van der Waals surface area contributed by atoms with E-state index in [1.807, 2.05) is 0 Å². The van der Waals surface area contributed by atoms with Crippen LogP contribution in [0.2, 0.25) is 0 Å². The first kappa shape index (κ1) is 10.6. The molecular weight excluding hydrogens is 189 g/mol. The predicted octanol–water partition coefficient (Wildman–Crippen LogP) is 1.90. The summed E-state index contributed by atoms with van der Waals surface area (Å²) in [6, 6.07) is 0. The van der Waals surface area contributed by atoms with Gasteiger partial charge in [-0.15, -0.1) is 12.4 Å². The first-order chi connectivity index (χ1) is 2.56. The summed E-state index contributed by atoms with van der Waals surface area (Å²) in [5.74, 6) is 0. The van der Waals surface area contributed by atoms with E-state index in [9.17, 15) is 16.5 Å². The second-order valence-corrected chi connectivity index (χ2v) is 2.99. The van der Waals surface area contributed by atoms with Crippen LogP contribution in [-0.2, 0) is 17.6 Å². The van der Waals surface area contributed by atoms with E-state index in [2.05, 4.69) is 0 Å². The minimum atomic E-state index is -4.44. The first-order valence-electron chi connectivity index (χ1n) is 1.19. The molecule has 0 saturated heterocycles. The van der Waals surface area contributed by atoms with Crippen LogP contribution in [0.25, 0.3) is 0 Å². The Kier molecular flexibility index (Phi) is 5.46. The Balaban J connectivity index is 0. The van der Waals surface area contributed by atoms with Gasteiger partial charge in [-0.05, 0) is 0 Å². The third-order valence-corrected chi connectivity index (χ3v) is 0.787. The molecule has 0 heterocycles. The van der Waals surface area contributed by atoms with Crippen molar-refractivity contribution in [3.63, 3.8) is 0 Å². The number of hydrogen-bond donors (Lipinski definition) is 0. The molecule has 0 aromatic carbocycles. The normalized spacial score (nSPS) is 9.14. The quantitative estimate of drug-likeness (QED) is 0.404. The van der Waals surface area contributed by atoms with Crippen molar-refractivity contribution in [2.45, 2.75) is 4.77 Å². The van der Waals surface area contributed by atoms with Gasteiger partial charge in [0.15, 0.2) is 0 Å². The fraction of sp³-hybridized carbons (Fsp3) is 1.00. The molecule has 0 aliphatic heterocycles. The molecule has 0 N–H and O–H groups in total. The van der Waals surface area contributed by atoms with Crippen molar-refractivity contribution in [3.05, 3.63) is 0 Å². The summed E-state index contributed by atoms with van der Waals surface area (Å²) in [4.78, 5) is 0. The summed E-state index contributed by atoms with van der Waals surface area (Å²) in [7, 11) is 0. The Hall–Kier alpha value is 0.633. The van der Waals surface area contributed by atoms with E-state index >= 15 is 0 Å². The van der Waals surface area contributed by atoms with E-state index in [1.165, 1.54) is 0 Å². The molecule has 0 aromatic rings. The van der Waals surface area contributed by atoms with Crippen LogP contribution in [0.3, 0.4) is 0 Å². The first-order valence-corrected chi connectivity index (χ1v) is 3.79. The van der Waals surface area contributed by atoms with E-state index < -0.39 is 22.4 Å². The average Bonchev–Trinajstić information content (AvgIpc) is 1.35. The van der Waals surface area contributed by atoms with Gasteiger partial charge in [0.05, 0.1) is 0 Å². The molecule has 0 unspecified atom stereocenters. The van der Waals surface area contributed by atoms with Gasteiger partial charge in [-0.2, -0.15) is 0 Å². The molecule has 0 atom stereocenters. The Morgan fingerprint density at radius 3 is 1.29 bits per heavy atom. The molecule has 0 rings (SSSR count). The summed E-state index contributed by atoms with van der Waals surface area (Å²) in [6.45, 7) is 0. The van der Waals surface area contributed by atoms with Crippen LogP contribution < -0.4 is 0 Å². The van der Waals surface area contributed by atoms with Gasteiger partial charge in [0, 0.05) is 0 Å². The fourth-order valence-corrected chi connectivity index (χ4v) is 0. The number of halogens is 5. The number of alkyl halides is 3. The van der Waals surface area contributed by atoms with Crippen molar-refractivity contribution in [1.82, 2.24) is 0 Å². The Morgan fingerprint density at radius 1 is 1.14 bits per heavy atom. The van der Waals surface area contributed by atoms with E-state index in [0.717, 1.165) is 0 Å². The topological polar surface area (TPSA) is 0 Å². The third kappa shape index (κ3) is 10.8. The van der Waals surface area contributed by atoms with Gasteiger partial charge >= 0.3 is 38.9 Å². The van der Waals surface area contributed by atoms with Crippen LogP contribution in [0, 0.1) is 0 Å². The minimum absolute atomic E-state index is 0. The summed E-state index contributed by atoms with van der Waals surface area (Å²) >= 11 is -3.60. The summed E-state index contributed by atoms with van der Waals surface area (Å²) < 4.78 is 37.6. The van der Waals surface area contributed by atoms with Gasteiger partial charge < -0.3 is 0 Å². The molecule has 0 nitrogen and oxygen atoms in total. The standard InChI is InChI=1S/CF3.ClH.FH.Zn/c2-1(3)4;;;/h;2*1H;/q;;;+1/p-1. The molecule has 0 amide bonds. The van der Waals surface area contributed by atoms with Crippen molar-refractivity contribution >= 4 is 12.4 Å². The summed E-state index contributed by atoms with van der Waals surface area (Å²) in [6.07, 6.45) is 0. The zero-order valence-electron chi connectivity index (χ0n) is 3.13. The van der Waals surface area contributed by atoms with Crippen molar-refractivity contribution in [3.8, 4) is 0 Å². The summed E-state index contributed by atoms with van der Waals surface area (Å²) in [5, 5.41) is 0. The molecule has 0 aliphatic carbocycles. The molecule has 42 valence electrons. The molecule has 0 bridgehead atoms. The number of rotatable bonds is 0. The maximum atomic E-state index is 10.6. The molecule has 0 saturated carbocycles. The van der Waals surface area contributed by atoms with Crippen LogP contribution in [0.4, 0.5) is 16.5 Å². The van der Waals surface area contributed by atoms with Gasteiger partial charge in [-0.1, -0.05) is 0 Å². The van der Waals surface area contributed by atoms with E-state index in [0.29, 0.717) is 0 Å². The average molecular weight is 190 g/mol. The second kappa shape index (κ2) is 3.61. The fourth-order valence-electron chi connectivity index (χ4n) is 0. The maximum absolute atomic E-state index is 10.6. The van der Waals surface area contributed by atoms with Crippen LogP contribution in [0.15, 0.2) is 0 Å². The predicted molar refractivity (Wildman–Crippen MR) is 14.4 cm³/mol. The van der Waals surface area contributed by atoms with E-state index in [4.69, 9.17) is 0 Å². The van der Waals surface area contributed by atoms with Gasteiger partial charge in [0.1, 0.15) is 0 Å². The molecule has 6 heteroatoms.